The monoisotopic (exact) mass is 475 g/mol. The van der Waals surface area contributed by atoms with Gasteiger partial charge in [-0.3, -0.25) is 4.79 Å². The zero-order valence-electron chi connectivity index (χ0n) is 19.5. The molecule has 1 fully saturated rings. The van der Waals surface area contributed by atoms with Gasteiger partial charge in [0.25, 0.3) is 5.56 Å². The van der Waals surface area contributed by atoms with Gasteiger partial charge in [-0.25, -0.2) is 23.7 Å². The number of aliphatic hydroxyl groups is 1. The van der Waals surface area contributed by atoms with E-state index in [9.17, 15) is 9.90 Å². The standard InChI is InChI=1S/C25H26FN7O2/c1-14(2)32-23(34)18-13-28-24(29-17-4-3-16-12-27-10-7-15(16)11-17)31-21(18)33(32)22-19(26)5-6-20(30-22)25(35)8-9-25/h3-6,11,13-14,27,35H,7-10,12H2,1-2H3,(H,28,29,31). The molecule has 6 rings (SSSR count). The maximum Gasteiger partial charge on any atom is 0.278 e. The second kappa shape index (κ2) is 7.96. The molecule has 35 heavy (non-hydrogen) atoms. The maximum atomic E-state index is 15.1. The number of nitrogens with zero attached hydrogens (tertiary/aromatic N) is 5. The number of rotatable bonds is 5. The molecule has 4 heterocycles. The molecule has 1 aliphatic heterocycles. The van der Waals surface area contributed by atoms with Crippen LogP contribution in [0.25, 0.3) is 16.9 Å². The molecule has 1 aliphatic carbocycles. The number of aromatic nitrogens is 5. The summed E-state index contributed by atoms with van der Waals surface area (Å²) in [6.45, 7) is 5.45. The van der Waals surface area contributed by atoms with E-state index < -0.39 is 11.4 Å². The minimum atomic E-state index is -1.04. The minimum Gasteiger partial charge on any atom is -0.384 e. The maximum absolute atomic E-state index is 15.1. The van der Waals surface area contributed by atoms with Crippen molar-refractivity contribution in [3.63, 3.8) is 0 Å². The molecule has 0 radical (unpaired) electrons. The van der Waals surface area contributed by atoms with E-state index in [1.165, 1.54) is 38.8 Å². The van der Waals surface area contributed by atoms with Crippen LogP contribution in [0.4, 0.5) is 16.0 Å². The summed E-state index contributed by atoms with van der Waals surface area (Å²) in [5, 5.41) is 17.4. The third-order valence-corrected chi connectivity index (χ3v) is 6.69. The SMILES string of the molecule is CC(C)n1c(=O)c2cnc(Nc3ccc4c(c3)CCNC4)nc2n1-c1nc(C2(O)CC2)ccc1F. The zero-order valence-corrected chi connectivity index (χ0v) is 19.5. The van der Waals surface area contributed by atoms with Gasteiger partial charge < -0.3 is 15.7 Å². The van der Waals surface area contributed by atoms with Crippen LogP contribution in [0.15, 0.2) is 41.3 Å². The average molecular weight is 476 g/mol. The first kappa shape index (κ1) is 21.9. The van der Waals surface area contributed by atoms with Gasteiger partial charge in [0.05, 0.1) is 5.69 Å². The Labute approximate surface area is 200 Å². The summed E-state index contributed by atoms with van der Waals surface area (Å²) in [6.07, 6.45) is 3.54. The summed E-state index contributed by atoms with van der Waals surface area (Å²) >= 11 is 0. The summed E-state index contributed by atoms with van der Waals surface area (Å²) in [4.78, 5) is 26.6. The second-order valence-electron chi connectivity index (χ2n) is 9.55. The van der Waals surface area contributed by atoms with E-state index in [2.05, 4.69) is 37.7 Å². The van der Waals surface area contributed by atoms with Crippen LogP contribution >= 0.6 is 0 Å². The van der Waals surface area contributed by atoms with Gasteiger partial charge in [0.1, 0.15) is 11.0 Å². The van der Waals surface area contributed by atoms with Gasteiger partial charge in [-0.1, -0.05) is 6.07 Å². The van der Waals surface area contributed by atoms with Crippen LogP contribution in [0, 0.1) is 5.82 Å². The van der Waals surface area contributed by atoms with E-state index in [-0.39, 0.29) is 28.5 Å². The Hall–Kier alpha value is -3.63. The van der Waals surface area contributed by atoms with Gasteiger partial charge in [-0.15, -0.1) is 0 Å². The van der Waals surface area contributed by atoms with Crippen molar-refractivity contribution >= 4 is 22.7 Å². The summed E-state index contributed by atoms with van der Waals surface area (Å²) in [5.41, 5.74) is 2.62. The van der Waals surface area contributed by atoms with E-state index in [4.69, 9.17) is 0 Å². The van der Waals surface area contributed by atoms with Crippen molar-refractivity contribution in [2.45, 2.75) is 51.3 Å². The van der Waals surface area contributed by atoms with Gasteiger partial charge in [-0.05, 0) is 75.0 Å². The van der Waals surface area contributed by atoms with Gasteiger partial charge in [0.2, 0.25) is 5.95 Å². The molecule has 2 aliphatic rings. The molecule has 0 amide bonds. The van der Waals surface area contributed by atoms with Gasteiger partial charge >= 0.3 is 0 Å². The molecule has 1 saturated carbocycles. The number of hydrogen-bond donors (Lipinski definition) is 3. The van der Waals surface area contributed by atoms with Crippen LogP contribution in [0.1, 0.15) is 49.6 Å². The van der Waals surface area contributed by atoms with E-state index in [0.717, 1.165) is 25.2 Å². The lowest BCUT2D eigenvalue weighted by molar-refractivity contribution is 0.146. The van der Waals surface area contributed by atoms with Crippen molar-refractivity contribution < 1.29 is 9.50 Å². The van der Waals surface area contributed by atoms with Crippen LogP contribution in [-0.2, 0) is 18.6 Å². The largest absolute Gasteiger partial charge is 0.384 e. The normalized spacial score (nSPS) is 16.5. The molecule has 10 heteroatoms. The topological polar surface area (TPSA) is 110 Å². The highest BCUT2D eigenvalue weighted by molar-refractivity contribution is 5.77. The molecule has 0 spiro atoms. The second-order valence-corrected chi connectivity index (χ2v) is 9.55. The zero-order chi connectivity index (χ0) is 24.3. The summed E-state index contributed by atoms with van der Waals surface area (Å²) in [6, 6.07) is 8.58. The Morgan fingerprint density at radius 2 is 2.00 bits per heavy atom. The van der Waals surface area contributed by atoms with Crippen molar-refractivity contribution in [1.29, 1.82) is 0 Å². The average Bonchev–Trinajstić information content (AvgIpc) is 3.53. The first-order chi connectivity index (χ1) is 16.8. The molecule has 9 nitrogen and oxygen atoms in total. The highest BCUT2D eigenvalue weighted by Gasteiger charge is 2.44. The predicted molar refractivity (Wildman–Crippen MR) is 130 cm³/mol. The number of pyridine rings is 1. The van der Waals surface area contributed by atoms with Crippen molar-refractivity contribution in [2.24, 2.45) is 0 Å². The number of halogens is 1. The smallest absolute Gasteiger partial charge is 0.278 e. The number of fused-ring (bicyclic) bond motifs is 2. The summed E-state index contributed by atoms with van der Waals surface area (Å²) < 4.78 is 17.9. The van der Waals surface area contributed by atoms with E-state index in [1.54, 1.807) is 0 Å². The lowest BCUT2D eigenvalue weighted by Crippen LogP contribution is -2.25. The van der Waals surface area contributed by atoms with Crippen LogP contribution in [0.3, 0.4) is 0 Å². The Morgan fingerprint density at radius 3 is 2.77 bits per heavy atom. The van der Waals surface area contributed by atoms with Crippen LogP contribution in [0.5, 0.6) is 0 Å². The molecule has 180 valence electrons. The summed E-state index contributed by atoms with van der Waals surface area (Å²) in [5.74, 6) is -0.395. The van der Waals surface area contributed by atoms with E-state index in [1.807, 2.05) is 19.9 Å². The number of nitrogens with one attached hydrogen (secondary N) is 2. The fraction of sp³-hybridized carbons (Fsp3) is 0.360. The van der Waals surface area contributed by atoms with Crippen LogP contribution < -0.4 is 16.2 Å². The van der Waals surface area contributed by atoms with Gasteiger partial charge in [-0.2, -0.15) is 4.98 Å². The van der Waals surface area contributed by atoms with E-state index >= 15 is 4.39 Å². The highest BCUT2D eigenvalue weighted by atomic mass is 19.1. The fourth-order valence-electron chi connectivity index (χ4n) is 4.63. The molecular weight excluding hydrogens is 449 g/mol. The number of benzene rings is 1. The quantitative estimate of drug-likeness (QED) is 0.407. The predicted octanol–water partition coefficient (Wildman–Crippen LogP) is 3.07. The third kappa shape index (κ3) is 3.69. The van der Waals surface area contributed by atoms with Crippen molar-refractivity contribution in [2.75, 3.05) is 11.9 Å². The first-order valence-electron chi connectivity index (χ1n) is 11.8. The fourth-order valence-corrected chi connectivity index (χ4v) is 4.63. The first-order valence-corrected chi connectivity index (χ1v) is 11.8. The van der Waals surface area contributed by atoms with Crippen molar-refractivity contribution in [3.8, 4) is 5.82 Å². The molecule has 1 aromatic carbocycles. The van der Waals surface area contributed by atoms with Crippen molar-refractivity contribution in [1.82, 2.24) is 29.6 Å². The molecule has 3 N–H and O–H groups in total. The highest BCUT2D eigenvalue weighted by Crippen LogP contribution is 2.44. The number of anilines is 2. The molecule has 3 aromatic heterocycles. The molecular formula is C25H26FN7O2. The number of hydrogen-bond acceptors (Lipinski definition) is 7. The van der Waals surface area contributed by atoms with Gasteiger partial charge in [0, 0.05) is 24.5 Å². The third-order valence-electron chi connectivity index (χ3n) is 6.69. The Bertz CT molecular complexity index is 1520. The van der Waals surface area contributed by atoms with Gasteiger partial charge in [0.15, 0.2) is 17.3 Å². The lowest BCUT2D eigenvalue weighted by Gasteiger charge is -2.18. The Kier molecular flexibility index (Phi) is 4.97. The van der Waals surface area contributed by atoms with Crippen molar-refractivity contribution in [3.05, 3.63) is 69.5 Å². The van der Waals surface area contributed by atoms with Crippen LogP contribution in [-0.4, -0.2) is 36.0 Å². The Morgan fingerprint density at radius 1 is 1.17 bits per heavy atom. The molecule has 0 saturated heterocycles. The molecule has 0 bridgehead atoms. The van der Waals surface area contributed by atoms with E-state index in [0.29, 0.717) is 24.5 Å². The summed E-state index contributed by atoms with van der Waals surface area (Å²) in [7, 11) is 0. The van der Waals surface area contributed by atoms with Crippen LogP contribution in [0.2, 0.25) is 0 Å². The Balaban J connectivity index is 1.49. The molecule has 0 unspecified atom stereocenters. The minimum absolute atomic E-state index is 0.0745. The lowest BCUT2D eigenvalue weighted by atomic mass is 10.0. The molecule has 4 aromatic rings. The molecule has 0 atom stereocenters.